The Morgan fingerprint density at radius 2 is 1.85 bits per heavy atom. The summed E-state index contributed by atoms with van der Waals surface area (Å²) in [5.74, 6) is -0.616. The van der Waals surface area contributed by atoms with E-state index in [4.69, 9.17) is 11.6 Å². The van der Waals surface area contributed by atoms with E-state index in [2.05, 4.69) is 5.32 Å². The van der Waals surface area contributed by atoms with E-state index < -0.39 is 17.2 Å². The van der Waals surface area contributed by atoms with E-state index in [1.54, 1.807) is 24.3 Å². The third kappa shape index (κ3) is 2.50. The second-order valence-electron chi connectivity index (χ2n) is 4.23. The summed E-state index contributed by atoms with van der Waals surface area (Å²) >= 11 is 5.93. The highest BCUT2D eigenvalue weighted by Crippen LogP contribution is 2.20. The lowest BCUT2D eigenvalue weighted by Gasteiger charge is -2.08. The number of benzene rings is 1. The van der Waals surface area contributed by atoms with Crippen molar-refractivity contribution in [2.24, 2.45) is 14.1 Å². The van der Waals surface area contributed by atoms with Gasteiger partial charge in [0.15, 0.2) is 0 Å². The Balaban J connectivity index is 2.43. The molecule has 7 heteroatoms. The van der Waals surface area contributed by atoms with Crippen LogP contribution in [0.1, 0.15) is 10.4 Å². The lowest BCUT2D eigenvalue weighted by molar-refractivity contribution is 0.102. The topological polar surface area (TPSA) is 73.1 Å². The van der Waals surface area contributed by atoms with E-state index in [9.17, 15) is 14.4 Å². The van der Waals surface area contributed by atoms with Crippen LogP contribution in [0.5, 0.6) is 0 Å². The van der Waals surface area contributed by atoms with Gasteiger partial charge in [-0.15, -0.1) is 0 Å². The SMILES string of the molecule is Cn1cc(C(=O)Nc2ccccc2Cl)c(=O)n(C)c1=O. The van der Waals surface area contributed by atoms with Crippen molar-refractivity contribution < 1.29 is 4.79 Å². The number of anilines is 1. The summed E-state index contributed by atoms with van der Waals surface area (Å²) in [5.41, 5.74) is -0.883. The van der Waals surface area contributed by atoms with Gasteiger partial charge >= 0.3 is 5.69 Å². The van der Waals surface area contributed by atoms with Crippen LogP contribution in [-0.2, 0) is 14.1 Å². The Bertz CT molecular complexity index is 792. The molecule has 0 bridgehead atoms. The molecule has 20 heavy (non-hydrogen) atoms. The Hall–Kier alpha value is -2.34. The van der Waals surface area contributed by atoms with E-state index in [-0.39, 0.29) is 5.56 Å². The van der Waals surface area contributed by atoms with Gasteiger partial charge in [-0.1, -0.05) is 23.7 Å². The minimum absolute atomic E-state index is 0.130. The molecule has 1 amide bonds. The molecule has 0 unspecified atom stereocenters. The number of halogens is 1. The molecule has 1 aromatic heterocycles. The average Bonchev–Trinajstić information content (AvgIpc) is 2.43. The molecule has 0 radical (unpaired) electrons. The van der Waals surface area contributed by atoms with Crippen molar-refractivity contribution >= 4 is 23.2 Å². The van der Waals surface area contributed by atoms with Crippen LogP contribution >= 0.6 is 11.6 Å². The summed E-state index contributed by atoms with van der Waals surface area (Å²) < 4.78 is 2.05. The molecule has 0 saturated heterocycles. The Labute approximate surface area is 119 Å². The molecule has 0 aliphatic rings. The zero-order valence-corrected chi connectivity index (χ0v) is 11.6. The molecule has 2 rings (SSSR count). The number of rotatable bonds is 2. The van der Waals surface area contributed by atoms with Gasteiger partial charge in [-0.3, -0.25) is 14.2 Å². The summed E-state index contributed by atoms with van der Waals surface area (Å²) in [5, 5.41) is 2.91. The van der Waals surface area contributed by atoms with Crippen LogP contribution in [0.3, 0.4) is 0 Å². The van der Waals surface area contributed by atoms with Gasteiger partial charge in [-0.05, 0) is 12.1 Å². The molecule has 0 spiro atoms. The number of amides is 1. The molecule has 0 fully saturated rings. The molecule has 104 valence electrons. The second kappa shape index (κ2) is 5.34. The number of para-hydroxylation sites is 1. The highest BCUT2D eigenvalue weighted by molar-refractivity contribution is 6.33. The number of carbonyl (C=O) groups excluding carboxylic acids is 1. The molecule has 0 saturated carbocycles. The Morgan fingerprint density at radius 1 is 1.20 bits per heavy atom. The van der Waals surface area contributed by atoms with Gasteiger partial charge in [0.05, 0.1) is 10.7 Å². The van der Waals surface area contributed by atoms with Gasteiger partial charge in [0.25, 0.3) is 11.5 Å². The highest BCUT2D eigenvalue weighted by atomic mass is 35.5. The molecule has 0 aliphatic carbocycles. The minimum atomic E-state index is -0.655. The van der Waals surface area contributed by atoms with Crippen LogP contribution in [0, 0.1) is 0 Å². The van der Waals surface area contributed by atoms with Crippen molar-refractivity contribution in [3.05, 3.63) is 61.9 Å². The van der Waals surface area contributed by atoms with E-state index in [0.717, 1.165) is 4.57 Å². The summed E-state index contributed by atoms with van der Waals surface area (Å²) in [6.07, 6.45) is 1.21. The lowest BCUT2D eigenvalue weighted by atomic mass is 10.2. The smallest absolute Gasteiger partial charge is 0.320 e. The minimum Gasteiger partial charge on any atom is -0.320 e. The Morgan fingerprint density at radius 3 is 2.50 bits per heavy atom. The first-order valence-electron chi connectivity index (χ1n) is 5.74. The second-order valence-corrected chi connectivity index (χ2v) is 4.64. The lowest BCUT2D eigenvalue weighted by Crippen LogP contribution is -2.40. The fourth-order valence-electron chi connectivity index (χ4n) is 1.72. The van der Waals surface area contributed by atoms with Crippen LogP contribution in [-0.4, -0.2) is 15.0 Å². The Kier molecular flexibility index (Phi) is 3.76. The van der Waals surface area contributed by atoms with Crippen LogP contribution < -0.4 is 16.6 Å². The van der Waals surface area contributed by atoms with E-state index in [1.165, 1.54) is 24.9 Å². The van der Waals surface area contributed by atoms with Crippen molar-refractivity contribution in [3.8, 4) is 0 Å². The van der Waals surface area contributed by atoms with Gasteiger partial charge < -0.3 is 9.88 Å². The first-order chi connectivity index (χ1) is 9.41. The number of hydrogen-bond acceptors (Lipinski definition) is 3. The number of aryl methyl sites for hydroxylation is 1. The molecule has 1 aromatic carbocycles. The molecule has 0 atom stereocenters. The van der Waals surface area contributed by atoms with Gasteiger partial charge in [0.2, 0.25) is 0 Å². The van der Waals surface area contributed by atoms with Crippen molar-refractivity contribution in [2.75, 3.05) is 5.32 Å². The number of hydrogen-bond donors (Lipinski definition) is 1. The third-order valence-electron chi connectivity index (χ3n) is 2.81. The monoisotopic (exact) mass is 293 g/mol. The first kappa shape index (κ1) is 14.1. The summed E-state index contributed by atoms with van der Waals surface area (Å²) in [6, 6.07) is 6.67. The van der Waals surface area contributed by atoms with Crippen molar-refractivity contribution in [3.63, 3.8) is 0 Å². The predicted octanol–water partition coefficient (Wildman–Crippen LogP) is 0.990. The summed E-state index contributed by atoms with van der Waals surface area (Å²) in [6.45, 7) is 0. The molecular weight excluding hydrogens is 282 g/mol. The number of nitrogens with zero attached hydrogens (tertiary/aromatic N) is 2. The van der Waals surface area contributed by atoms with Gasteiger partial charge in [0.1, 0.15) is 5.56 Å². The van der Waals surface area contributed by atoms with Gasteiger partial charge in [0, 0.05) is 20.3 Å². The van der Waals surface area contributed by atoms with E-state index in [0.29, 0.717) is 10.7 Å². The third-order valence-corrected chi connectivity index (χ3v) is 3.14. The van der Waals surface area contributed by atoms with Crippen molar-refractivity contribution in [1.29, 1.82) is 0 Å². The molecule has 6 nitrogen and oxygen atoms in total. The fraction of sp³-hybridized carbons (Fsp3) is 0.154. The van der Waals surface area contributed by atoms with Crippen molar-refractivity contribution in [2.45, 2.75) is 0 Å². The zero-order valence-electron chi connectivity index (χ0n) is 10.9. The summed E-state index contributed by atoms with van der Waals surface area (Å²) in [4.78, 5) is 35.6. The van der Waals surface area contributed by atoms with Crippen LogP contribution in [0.25, 0.3) is 0 Å². The number of nitrogens with one attached hydrogen (secondary N) is 1. The average molecular weight is 294 g/mol. The standard InChI is InChI=1S/C13H12ClN3O3/c1-16-7-8(12(19)17(2)13(16)20)11(18)15-10-6-4-3-5-9(10)14/h3-7H,1-2H3,(H,15,18). The zero-order chi connectivity index (χ0) is 14.9. The largest absolute Gasteiger partial charge is 0.330 e. The quantitative estimate of drug-likeness (QED) is 0.897. The first-order valence-corrected chi connectivity index (χ1v) is 6.12. The van der Waals surface area contributed by atoms with Crippen LogP contribution in [0.2, 0.25) is 5.02 Å². The van der Waals surface area contributed by atoms with Crippen LogP contribution in [0.4, 0.5) is 5.69 Å². The maximum Gasteiger partial charge on any atom is 0.330 e. The number of carbonyl (C=O) groups is 1. The van der Waals surface area contributed by atoms with E-state index >= 15 is 0 Å². The molecular formula is C13H12ClN3O3. The predicted molar refractivity (Wildman–Crippen MR) is 76.3 cm³/mol. The maximum atomic E-state index is 12.1. The number of aromatic nitrogens is 2. The maximum absolute atomic E-state index is 12.1. The van der Waals surface area contributed by atoms with Gasteiger partial charge in [-0.25, -0.2) is 4.79 Å². The molecule has 0 aliphatic heterocycles. The molecule has 1 heterocycles. The summed E-state index contributed by atoms with van der Waals surface area (Å²) in [7, 11) is 2.78. The molecule has 2 aromatic rings. The highest BCUT2D eigenvalue weighted by Gasteiger charge is 2.15. The fourth-order valence-corrected chi connectivity index (χ4v) is 1.90. The van der Waals surface area contributed by atoms with Crippen molar-refractivity contribution in [1.82, 2.24) is 9.13 Å². The molecule has 1 N–H and O–H groups in total. The normalized spacial score (nSPS) is 10.3. The van der Waals surface area contributed by atoms with Crippen LogP contribution in [0.15, 0.2) is 40.1 Å². The van der Waals surface area contributed by atoms with E-state index in [1.807, 2.05) is 0 Å². The van der Waals surface area contributed by atoms with Gasteiger partial charge in [-0.2, -0.15) is 0 Å².